The molecule has 0 saturated carbocycles. The molecule has 1 amide bonds. The molecule has 0 spiro atoms. The summed E-state index contributed by atoms with van der Waals surface area (Å²) in [5, 5.41) is 2.90. The number of anilines is 2. The van der Waals surface area contributed by atoms with E-state index in [0.717, 1.165) is 37.9 Å². The number of nitrogens with one attached hydrogen (secondary N) is 1. The average Bonchev–Trinajstić information content (AvgIpc) is 2.61. The summed E-state index contributed by atoms with van der Waals surface area (Å²) in [5.41, 5.74) is 2.87. The number of benzene rings is 1. The normalized spacial score (nSPS) is 13.5. The minimum absolute atomic E-state index is 0.132. The Bertz CT molecular complexity index is 686. The first-order valence-corrected chi connectivity index (χ1v) is 8.26. The molecule has 2 aromatic rings. The third-order valence-electron chi connectivity index (χ3n) is 4.04. The zero-order chi connectivity index (χ0) is 16.1. The van der Waals surface area contributed by atoms with Crippen LogP contribution in [0.5, 0.6) is 0 Å². The lowest BCUT2D eigenvalue weighted by Crippen LogP contribution is -2.29. The Labute approximate surface area is 136 Å². The van der Waals surface area contributed by atoms with E-state index in [9.17, 15) is 4.79 Å². The molecule has 1 aromatic carbocycles. The molecule has 23 heavy (non-hydrogen) atoms. The fourth-order valence-electron chi connectivity index (χ4n) is 2.82. The predicted molar refractivity (Wildman–Crippen MR) is 91.0 cm³/mol. The Morgan fingerprint density at radius 1 is 1.30 bits per heavy atom. The number of carbonyl (C=O) groups is 1. The molecule has 0 unspecified atom stereocenters. The van der Waals surface area contributed by atoms with E-state index in [2.05, 4.69) is 45.3 Å². The maximum absolute atomic E-state index is 12.2. The third-order valence-corrected chi connectivity index (χ3v) is 4.04. The minimum Gasteiger partial charge on any atom is -0.351 e. The highest BCUT2D eigenvalue weighted by Gasteiger charge is 2.20. The number of amides is 1. The van der Waals surface area contributed by atoms with Crippen LogP contribution in [-0.2, 0) is 6.42 Å². The predicted octanol–water partition coefficient (Wildman–Crippen LogP) is 3.09. The van der Waals surface area contributed by atoms with E-state index < -0.39 is 0 Å². The Kier molecular flexibility index (Phi) is 4.86. The van der Waals surface area contributed by atoms with Gasteiger partial charge in [-0.3, -0.25) is 4.79 Å². The number of para-hydroxylation sites is 1. The highest BCUT2D eigenvalue weighted by atomic mass is 16.1. The van der Waals surface area contributed by atoms with E-state index in [1.165, 1.54) is 5.56 Å². The summed E-state index contributed by atoms with van der Waals surface area (Å²) < 4.78 is 0. The molecule has 2 heterocycles. The fourth-order valence-corrected chi connectivity index (χ4v) is 2.82. The molecule has 1 N–H and O–H groups in total. The van der Waals surface area contributed by atoms with Crippen LogP contribution in [0, 0.1) is 0 Å². The maximum Gasteiger partial charge on any atom is 0.270 e. The fraction of sp³-hybridized carbons (Fsp3) is 0.389. The van der Waals surface area contributed by atoms with Gasteiger partial charge >= 0.3 is 0 Å². The Balaban J connectivity index is 1.82. The van der Waals surface area contributed by atoms with Gasteiger partial charge in [0.05, 0.1) is 0 Å². The summed E-state index contributed by atoms with van der Waals surface area (Å²) in [4.78, 5) is 23.1. The minimum atomic E-state index is -0.132. The van der Waals surface area contributed by atoms with Gasteiger partial charge in [0.2, 0.25) is 5.95 Å². The van der Waals surface area contributed by atoms with Crippen LogP contribution in [0.25, 0.3) is 0 Å². The standard InChI is InChI=1S/C18H22N4O/c1-2-3-11-19-17(23)15-10-12-20-18(21-15)22-13-6-8-14-7-4-5-9-16(14)22/h4-5,7,9-10,12H,2-3,6,8,11,13H2,1H3,(H,19,23). The number of fused-ring (bicyclic) bond motifs is 1. The number of hydrogen-bond donors (Lipinski definition) is 1. The molecule has 0 bridgehead atoms. The second-order valence-corrected chi connectivity index (χ2v) is 5.74. The highest BCUT2D eigenvalue weighted by Crippen LogP contribution is 2.31. The van der Waals surface area contributed by atoms with E-state index in [1.54, 1.807) is 12.3 Å². The lowest BCUT2D eigenvalue weighted by molar-refractivity contribution is 0.0948. The van der Waals surface area contributed by atoms with E-state index >= 15 is 0 Å². The summed E-state index contributed by atoms with van der Waals surface area (Å²) in [6.07, 6.45) is 5.83. The Morgan fingerprint density at radius 3 is 3.04 bits per heavy atom. The van der Waals surface area contributed by atoms with Gasteiger partial charge in [0.25, 0.3) is 5.91 Å². The molecule has 1 aromatic heterocycles. The molecule has 120 valence electrons. The van der Waals surface area contributed by atoms with E-state index in [-0.39, 0.29) is 5.91 Å². The number of aryl methyl sites for hydroxylation is 1. The van der Waals surface area contributed by atoms with Gasteiger partial charge in [0, 0.05) is 25.0 Å². The Morgan fingerprint density at radius 2 is 2.17 bits per heavy atom. The number of unbranched alkanes of at least 4 members (excludes halogenated alkanes) is 1. The lowest BCUT2D eigenvalue weighted by Gasteiger charge is -2.29. The van der Waals surface area contributed by atoms with Crippen molar-refractivity contribution < 1.29 is 4.79 Å². The lowest BCUT2D eigenvalue weighted by atomic mass is 10.0. The van der Waals surface area contributed by atoms with Crippen molar-refractivity contribution in [3.8, 4) is 0 Å². The van der Waals surface area contributed by atoms with Crippen molar-refractivity contribution in [3.05, 3.63) is 47.8 Å². The van der Waals surface area contributed by atoms with Crippen LogP contribution in [-0.4, -0.2) is 29.0 Å². The van der Waals surface area contributed by atoms with Crippen molar-refractivity contribution in [1.29, 1.82) is 0 Å². The maximum atomic E-state index is 12.2. The van der Waals surface area contributed by atoms with Gasteiger partial charge in [0.15, 0.2) is 0 Å². The molecular formula is C18H22N4O. The van der Waals surface area contributed by atoms with E-state index in [0.29, 0.717) is 18.2 Å². The molecule has 1 aliphatic rings. The second-order valence-electron chi connectivity index (χ2n) is 5.74. The molecule has 5 heteroatoms. The van der Waals surface area contributed by atoms with Gasteiger partial charge < -0.3 is 10.2 Å². The van der Waals surface area contributed by atoms with Crippen molar-refractivity contribution in [2.45, 2.75) is 32.6 Å². The van der Waals surface area contributed by atoms with Gasteiger partial charge in [0.1, 0.15) is 5.69 Å². The van der Waals surface area contributed by atoms with Crippen molar-refractivity contribution in [1.82, 2.24) is 15.3 Å². The Hall–Kier alpha value is -2.43. The second kappa shape index (κ2) is 7.22. The summed E-state index contributed by atoms with van der Waals surface area (Å²) in [6, 6.07) is 9.98. The van der Waals surface area contributed by atoms with Crippen molar-refractivity contribution in [2.24, 2.45) is 0 Å². The van der Waals surface area contributed by atoms with Crippen molar-refractivity contribution >= 4 is 17.5 Å². The van der Waals surface area contributed by atoms with E-state index in [1.807, 2.05) is 6.07 Å². The van der Waals surface area contributed by atoms with Gasteiger partial charge in [-0.25, -0.2) is 9.97 Å². The van der Waals surface area contributed by atoms with Crippen molar-refractivity contribution in [3.63, 3.8) is 0 Å². The van der Waals surface area contributed by atoms with Crippen LogP contribution in [0.3, 0.4) is 0 Å². The van der Waals surface area contributed by atoms with Crippen molar-refractivity contribution in [2.75, 3.05) is 18.0 Å². The zero-order valence-corrected chi connectivity index (χ0v) is 13.5. The molecule has 3 rings (SSSR count). The van der Waals surface area contributed by atoms with Gasteiger partial charge in [-0.15, -0.1) is 0 Å². The average molecular weight is 310 g/mol. The zero-order valence-electron chi connectivity index (χ0n) is 13.5. The van der Waals surface area contributed by atoms with Crippen LogP contribution in [0.15, 0.2) is 36.5 Å². The summed E-state index contributed by atoms with van der Waals surface area (Å²) in [5.74, 6) is 0.465. The van der Waals surface area contributed by atoms with Crippen LogP contribution < -0.4 is 10.2 Å². The first-order valence-electron chi connectivity index (χ1n) is 8.26. The van der Waals surface area contributed by atoms with Crippen LogP contribution in [0.1, 0.15) is 42.2 Å². The molecule has 0 fully saturated rings. The third kappa shape index (κ3) is 3.50. The number of rotatable bonds is 5. The molecule has 0 atom stereocenters. The quantitative estimate of drug-likeness (QED) is 0.862. The molecular weight excluding hydrogens is 288 g/mol. The topological polar surface area (TPSA) is 58.1 Å². The number of hydrogen-bond acceptors (Lipinski definition) is 4. The molecule has 0 aliphatic carbocycles. The number of aromatic nitrogens is 2. The summed E-state index contributed by atoms with van der Waals surface area (Å²) >= 11 is 0. The molecule has 0 radical (unpaired) electrons. The first kappa shape index (κ1) is 15.5. The summed E-state index contributed by atoms with van der Waals surface area (Å²) in [6.45, 7) is 3.65. The SMILES string of the molecule is CCCCNC(=O)c1ccnc(N2CCCc3ccccc32)n1. The van der Waals surface area contributed by atoms with Gasteiger partial charge in [-0.05, 0) is 37.0 Å². The monoisotopic (exact) mass is 310 g/mol. The van der Waals surface area contributed by atoms with E-state index in [4.69, 9.17) is 0 Å². The van der Waals surface area contributed by atoms with Gasteiger partial charge in [-0.1, -0.05) is 31.5 Å². The molecule has 1 aliphatic heterocycles. The largest absolute Gasteiger partial charge is 0.351 e. The summed E-state index contributed by atoms with van der Waals surface area (Å²) in [7, 11) is 0. The highest BCUT2D eigenvalue weighted by molar-refractivity contribution is 5.92. The molecule has 5 nitrogen and oxygen atoms in total. The van der Waals surface area contributed by atoms with Crippen LogP contribution in [0.4, 0.5) is 11.6 Å². The van der Waals surface area contributed by atoms with Crippen LogP contribution in [0.2, 0.25) is 0 Å². The van der Waals surface area contributed by atoms with Gasteiger partial charge in [-0.2, -0.15) is 0 Å². The molecule has 0 saturated heterocycles. The number of nitrogens with zero attached hydrogens (tertiary/aromatic N) is 3. The first-order chi connectivity index (χ1) is 11.3. The number of carbonyl (C=O) groups excluding carboxylic acids is 1. The smallest absolute Gasteiger partial charge is 0.270 e. The van der Waals surface area contributed by atoms with Crippen LogP contribution >= 0.6 is 0 Å².